The van der Waals surface area contributed by atoms with Crippen molar-refractivity contribution in [1.29, 1.82) is 0 Å². The molecule has 2 aromatic carbocycles. The Labute approximate surface area is 193 Å². The van der Waals surface area contributed by atoms with Gasteiger partial charge >= 0.3 is 0 Å². The number of carbonyl (C=O) groups excluding carboxylic acids is 1. The molecular formula is C23H24Br2O5. The number of allylic oxidation sites excluding steroid dienone is 1. The van der Waals surface area contributed by atoms with Crippen LogP contribution >= 0.6 is 31.9 Å². The van der Waals surface area contributed by atoms with Crippen LogP contribution in [-0.2, 0) is 0 Å². The Balaban J connectivity index is 0.000000171. The molecule has 0 radical (unpaired) electrons. The summed E-state index contributed by atoms with van der Waals surface area (Å²) < 4.78 is 22.7. The van der Waals surface area contributed by atoms with E-state index in [1.54, 1.807) is 32.4 Å². The number of ether oxygens (including phenoxy) is 4. The van der Waals surface area contributed by atoms with Crippen LogP contribution in [0.15, 0.2) is 40.9 Å². The topological polar surface area (TPSA) is 54.0 Å². The van der Waals surface area contributed by atoms with E-state index >= 15 is 0 Å². The largest absolute Gasteiger partial charge is 0.497 e. The van der Waals surface area contributed by atoms with Gasteiger partial charge in [-0.25, -0.2) is 0 Å². The van der Waals surface area contributed by atoms with Gasteiger partial charge in [0.15, 0.2) is 5.78 Å². The van der Waals surface area contributed by atoms with Crippen molar-refractivity contribution in [2.24, 2.45) is 0 Å². The minimum absolute atomic E-state index is 0.0742. The van der Waals surface area contributed by atoms with Gasteiger partial charge in [-0.15, -0.1) is 0 Å². The summed E-state index contributed by atoms with van der Waals surface area (Å²) in [5, 5.41) is 0. The molecule has 0 aromatic heterocycles. The fourth-order valence-corrected chi connectivity index (χ4v) is 3.98. The maximum atomic E-state index is 11.9. The predicted molar refractivity (Wildman–Crippen MR) is 125 cm³/mol. The fraction of sp³-hybridized carbons (Fsp3) is 0.348. The molecule has 0 amide bonds. The number of carbonyl (C=O) groups is 1. The molecular weight excluding hydrogens is 516 g/mol. The summed E-state index contributed by atoms with van der Waals surface area (Å²) in [6.07, 6.45) is 1.61. The number of halogens is 2. The molecule has 4 rings (SSSR count). The van der Waals surface area contributed by atoms with Crippen LogP contribution in [0.3, 0.4) is 0 Å². The van der Waals surface area contributed by atoms with E-state index in [0.717, 1.165) is 23.5 Å². The first-order valence-corrected chi connectivity index (χ1v) is 11.3. The minimum atomic E-state index is -0.146. The Morgan fingerprint density at radius 2 is 1.50 bits per heavy atom. The van der Waals surface area contributed by atoms with Crippen molar-refractivity contribution < 1.29 is 23.7 Å². The second kappa shape index (κ2) is 10.4. The van der Waals surface area contributed by atoms with Crippen molar-refractivity contribution >= 4 is 43.2 Å². The van der Waals surface area contributed by atoms with Gasteiger partial charge in [0, 0.05) is 35.0 Å². The van der Waals surface area contributed by atoms with Gasteiger partial charge in [-0.3, -0.25) is 4.79 Å². The molecule has 0 saturated carbocycles. The van der Waals surface area contributed by atoms with Gasteiger partial charge in [0.25, 0.3) is 0 Å². The highest BCUT2D eigenvalue weighted by atomic mass is 79.9. The van der Waals surface area contributed by atoms with E-state index in [0.29, 0.717) is 36.7 Å². The third-order valence-electron chi connectivity index (χ3n) is 4.95. The van der Waals surface area contributed by atoms with E-state index in [9.17, 15) is 4.79 Å². The third-order valence-corrected chi connectivity index (χ3v) is 6.81. The summed E-state index contributed by atoms with van der Waals surface area (Å²) in [5.74, 6) is 3.13. The van der Waals surface area contributed by atoms with Crippen LogP contribution in [0.1, 0.15) is 35.7 Å². The van der Waals surface area contributed by atoms with Gasteiger partial charge in [0.05, 0.1) is 37.8 Å². The number of ketones is 1. The summed E-state index contributed by atoms with van der Waals surface area (Å²) in [7, 11) is 3.25. The maximum absolute atomic E-state index is 11.9. The number of hydrogen-bond donors (Lipinski definition) is 0. The molecule has 0 fully saturated rings. The minimum Gasteiger partial charge on any atom is -0.497 e. The Morgan fingerprint density at radius 1 is 0.933 bits per heavy atom. The first-order chi connectivity index (χ1) is 14.4. The third kappa shape index (κ3) is 5.19. The molecule has 0 spiro atoms. The average molecular weight is 540 g/mol. The predicted octanol–water partition coefficient (Wildman–Crippen LogP) is 6.03. The smallest absolute Gasteiger partial charge is 0.180 e. The lowest BCUT2D eigenvalue weighted by Crippen LogP contribution is -2.12. The van der Waals surface area contributed by atoms with Crippen LogP contribution in [0.2, 0.25) is 0 Å². The van der Waals surface area contributed by atoms with Gasteiger partial charge in [-0.2, -0.15) is 0 Å². The highest BCUT2D eigenvalue weighted by Gasteiger charge is 2.24. The van der Waals surface area contributed by atoms with E-state index in [-0.39, 0.29) is 10.6 Å². The van der Waals surface area contributed by atoms with E-state index in [1.807, 2.05) is 18.2 Å². The second-order valence-corrected chi connectivity index (χ2v) is 8.88. The zero-order valence-corrected chi connectivity index (χ0v) is 20.3. The van der Waals surface area contributed by atoms with E-state index in [2.05, 4.69) is 38.8 Å². The van der Waals surface area contributed by atoms with Crippen LogP contribution in [0.5, 0.6) is 23.0 Å². The zero-order chi connectivity index (χ0) is 21.7. The van der Waals surface area contributed by atoms with Crippen molar-refractivity contribution in [3.63, 3.8) is 0 Å². The molecule has 30 heavy (non-hydrogen) atoms. The molecule has 1 atom stereocenters. The average Bonchev–Trinajstić information content (AvgIpc) is 3.00. The molecule has 0 saturated heterocycles. The maximum Gasteiger partial charge on any atom is 0.180 e. The van der Waals surface area contributed by atoms with Crippen LogP contribution < -0.4 is 18.9 Å². The second-order valence-electron chi connectivity index (χ2n) is 6.82. The van der Waals surface area contributed by atoms with Crippen molar-refractivity contribution in [1.82, 2.24) is 0 Å². The molecule has 2 heterocycles. The first-order valence-electron chi connectivity index (χ1n) is 9.60. The Hall–Kier alpha value is -1.99. The number of Topliss-reactive ketones (excluding diaryl/α,β-unsaturated/α-hetero) is 1. The Kier molecular flexibility index (Phi) is 7.83. The molecule has 1 unspecified atom stereocenters. The molecule has 2 aromatic rings. The van der Waals surface area contributed by atoms with Crippen LogP contribution in [0, 0.1) is 0 Å². The number of fused-ring (bicyclic) bond motifs is 2. The van der Waals surface area contributed by atoms with Gasteiger partial charge in [0.1, 0.15) is 23.0 Å². The summed E-state index contributed by atoms with van der Waals surface area (Å²) >= 11 is 6.93. The molecule has 0 bridgehead atoms. The highest BCUT2D eigenvalue weighted by molar-refractivity contribution is 9.11. The fourth-order valence-electron chi connectivity index (χ4n) is 3.17. The van der Waals surface area contributed by atoms with E-state index in [4.69, 9.17) is 18.9 Å². The van der Waals surface area contributed by atoms with Crippen molar-refractivity contribution in [3.05, 3.63) is 52.0 Å². The number of rotatable bonds is 2. The standard InChI is InChI=1S/C12H13BrO2.C11H11BrO3/c1-8-10-4-3-9(14-2)7-12(10)15-6-5-11(8)13;1-14-7-2-3-8-10(6-7)15-5-4-9(12)11(8)13/h3-4,7H,5-6H2,1-2H3;2-3,6,9H,4-5H2,1H3. The molecule has 160 valence electrons. The quantitative estimate of drug-likeness (QED) is 0.436. The van der Waals surface area contributed by atoms with Gasteiger partial charge in [-0.05, 0) is 36.8 Å². The van der Waals surface area contributed by atoms with E-state index in [1.165, 1.54) is 10.1 Å². The number of benzene rings is 2. The lowest BCUT2D eigenvalue weighted by atomic mass is 10.1. The van der Waals surface area contributed by atoms with Crippen molar-refractivity contribution in [2.45, 2.75) is 24.6 Å². The summed E-state index contributed by atoms with van der Waals surface area (Å²) in [6, 6.07) is 11.2. The lowest BCUT2D eigenvalue weighted by molar-refractivity contribution is 0.0991. The van der Waals surface area contributed by atoms with Crippen LogP contribution in [0.4, 0.5) is 0 Å². The van der Waals surface area contributed by atoms with Gasteiger partial charge in [-0.1, -0.05) is 31.9 Å². The molecule has 7 heteroatoms. The van der Waals surface area contributed by atoms with Crippen LogP contribution in [-0.4, -0.2) is 38.0 Å². The molecule has 2 aliphatic rings. The molecule has 2 aliphatic heterocycles. The Bertz CT molecular complexity index is 955. The van der Waals surface area contributed by atoms with E-state index < -0.39 is 0 Å². The number of alkyl halides is 1. The zero-order valence-electron chi connectivity index (χ0n) is 17.2. The molecule has 0 aliphatic carbocycles. The summed E-state index contributed by atoms with van der Waals surface area (Å²) in [6.45, 7) is 3.35. The normalized spacial score (nSPS) is 17.8. The summed E-state index contributed by atoms with van der Waals surface area (Å²) in [4.78, 5) is 11.7. The Morgan fingerprint density at radius 3 is 2.13 bits per heavy atom. The summed E-state index contributed by atoms with van der Waals surface area (Å²) in [5.41, 5.74) is 3.00. The van der Waals surface area contributed by atoms with Crippen molar-refractivity contribution in [3.8, 4) is 23.0 Å². The lowest BCUT2D eigenvalue weighted by Gasteiger charge is -2.09. The van der Waals surface area contributed by atoms with Gasteiger partial charge in [0.2, 0.25) is 0 Å². The van der Waals surface area contributed by atoms with Crippen LogP contribution in [0.25, 0.3) is 5.57 Å². The number of methoxy groups -OCH3 is 2. The highest BCUT2D eigenvalue weighted by Crippen LogP contribution is 2.36. The SMILES string of the molecule is COc1ccc2c(c1)OCCC(Br)=C2C.COc1ccc2c(c1)OCCC(Br)C2=O. The monoisotopic (exact) mass is 538 g/mol. The van der Waals surface area contributed by atoms with Crippen molar-refractivity contribution in [2.75, 3.05) is 27.4 Å². The first kappa shape index (κ1) is 22.7. The number of hydrogen-bond acceptors (Lipinski definition) is 5. The van der Waals surface area contributed by atoms with Gasteiger partial charge < -0.3 is 18.9 Å². The molecule has 5 nitrogen and oxygen atoms in total. The molecule has 0 N–H and O–H groups in total.